The van der Waals surface area contributed by atoms with Crippen LogP contribution < -0.4 is 5.32 Å². The smallest absolute Gasteiger partial charge is 0.365 e. The SMILES string of the molecule is O=C(O)c1nc(CNCC2CC=CCC2)cs1. The van der Waals surface area contributed by atoms with Gasteiger partial charge in [0.2, 0.25) is 5.01 Å². The van der Waals surface area contributed by atoms with Gasteiger partial charge in [0.15, 0.2) is 0 Å². The molecule has 0 amide bonds. The van der Waals surface area contributed by atoms with Crippen LogP contribution in [0.15, 0.2) is 17.5 Å². The minimum absolute atomic E-state index is 0.169. The highest BCUT2D eigenvalue weighted by Crippen LogP contribution is 2.17. The number of hydrogen-bond donors (Lipinski definition) is 2. The molecule has 0 fully saturated rings. The van der Waals surface area contributed by atoms with Gasteiger partial charge in [0.25, 0.3) is 0 Å². The minimum atomic E-state index is -0.946. The van der Waals surface area contributed by atoms with Crippen molar-refractivity contribution in [1.29, 1.82) is 0 Å². The molecule has 1 aliphatic rings. The Bertz CT molecular complexity index is 414. The van der Waals surface area contributed by atoms with Gasteiger partial charge in [-0.3, -0.25) is 0 Å². The van der Waals surface area contributed by atoms with E-state index in [1.807, 2.05) is 0 Å². The van der Waals surface area contributed by atoms with Crippen molar-refractivity contribution in [1.82, 2.24) is 10.3 Å². The van der Waals surface area contributed by atoms with Crippen molar-refractivity contribution in [2.75, 3.05) is 6.54 Å². The number of rotatable bonds is 5. The van der Waals surface area contributed by atoms with Crippen LogP contribution in [-0.2, 0) is 6.54 Å². The highest BCUT2D eigenvalue weighted by atomic mass is 32.1. The van der Waals surface area contributed by atoms with Crippen molar-refractivity contribution in [3.8, 4) is 0 Å². The fourth-order valence-electron chi connectivity index (χ4n) is 1.93. The molecule has 1 aromatic heterocycles. The molecule has 0 radical (unpaired) electrons. The van der Waals surface area contributed by atoms with Gasteiger partial charge in [-0.2, -0.15) is 0 Å². The second-order valence-electron chi connectivity index (χ2n) is 4.23. The van der Waals surface area contributed by atoms with Gasteiger partial charge in [-0.05, 0) is 31.7 Å². The molecule has 2 rings (SSSR count). The molecule has 17 heavy (non-hydrogen) atoms. The average molecular weight is 252 g/mol. The van der Waals surface area contributed by atoms with Crippen LogP contribution in [0.4, 0.5) is 0 Å². The summed E-state index contributed by atoms with van der Waals surface area (Å²) in [5, 5.41) is 14.1. The Hall–Kier alpha value is -1.20. The fraction of sp³-hybridized carbons (Fsp3) is 0.500. The van der Waals surface area contributed by atoms with Crippen LogP contribution in [0.2, 0.25) is 0 Å². The third-order valence-electron chi connectivity index (χ3n) is 2.85. The summed E-state index contributed by atoms with van der Waals surface area (Å²) in [7, 11) is 0. The first kappa shape index (κ1) is 12.3. The van der Waals surface area contributed by atoms with Crippen molar-refractivity contribution in [2.24, 2.45) is 5.92 Å². The molecule has 4 nitrogen and oxygen atoms in total. The maximum Gasteiger partial charge on any atom is 0.365 e. The van der Waals surface area contributed by atoms with E-state index in [2.05, 4.69) is 22.5 Å². The predicted octanol–water partition coefficient (Wildman–Crippen LogP) is 2.29. The highest BCUT2D eigenvalue weighted by molar-refractivity contribution is 7.11. The maximum atomic E-state index is 10.7. The molecule has 2 N–H and O–H groups in total. The molecule has 0 aromatic carbocycles. The second kappa shape index (κ2) is 5.93. The van der Waals surface area contributed by atoms with Gasteiger partial charge < -0.3 is 10.4 Å². The summed E-state index contributed by atoms with van der Waals surface area (Å²) in [6, 6.07) is 0. The molecular formula is C12H16N2O2S. The number of thiazole rings is 1. The fourth-order valence-corrected chi connectivity index (χ4v) is 2.59. The third-order valence-corrected chi connectivity index (χ3v) is 3.73. The Morgan fingerprint density at radius 1 is 1.59 bits per heavy atom. The number of aromatic carboxylic acids is 1. The molecule has 0 saturated heterocycles. The summed E-state index contributed by atoms with van der Waals surface area (Å²) in [5.41, 5.74) is 0.818. The average Bonchev–Trinajstić information content (AvgIpc) is 2.79. The van der Waals surface area contributed by atoms with Crippen LogP contribution in [0.25, 0.3) is 0 Å². The van der Waals surface area contributed by atoms with E-state index < -0.39 is 5.97 Å². The molecule has 5 heteroatoms. The Kier molecular flexibility index (Phi) is 4.28. The van der Waals surface area contributed by atoms with Crippen molar-refractivity contribution >= 4 is 17.3 Å². The number of allylic oxidation sites excluding steroid dienone is 2. The molecule has 1 aliphatic carbocycles. The number of carboxylic acid groups (broad SMARTS) is 1. The van der Waals surface area contributed by atoms with Crippen molar-refractivity contribution < 1.29 is 9.90 Å². The normalized spacial score (nSPS) is 19.4. The van der Waals surface area contributed by atoms with E-state index in [1.54, 1.807) is 5.38 Å². The van der Waals surface area contributed by atoms with Crippen molar-refractivity contribution in [2.45, 2.75) is 25.8 Å². The lowest BCUT2D eigenvalue weighted by Crippen LogP contribution is -2.23. The number of carbonyl (C=O) groups is 1. The first-order chi connectivity index (χ1) is 8.25. The van der Waals surface area contributed by atoms with E-state index in [0.717, 1.165) is 18.7 Å². The summed E-state index contributed by atoms with van der Waals surface area (Å²) >= 11 is 1.18. The van der Waals surface area contributed by atoms with Crippen LogP contribution in [0.3, 0.4) is 0 Å². The van der Waals surface area contributed by atoms with Crippen molar-refractivity contribution in [3.63, 3.8) is 0 Å². The van der Waals surface area contributed by atoms with Crippen LogP contribution in [0.5, 0.6) is 0 Å². The van der Waals surface area contributed by atoms with Gasteiger partial charge in [0.1, 0.15) is 0 Å². The van der Waals surface area contributed by atoms with Crippen LogP contribution in [-0.4, -0.2) is 22.6 Å². The number of hydrogen-bond acceptors (Lipinski definition) is 4. The van der Waals surface area contributed by atoms with Gasteiger partial charge in [0.05, 0.1) is 5.69 Å². The second-order valence-corrected chi connectivity index (χ2v) is 5.09. The Labute approximate surface area is 104 Å². The topological polar surface area (TPSA) is 62.2 Å². The van der Waals surface area contributed by atoms with Gasteiger partial charge in [-0.25, -0.2) is 9.78 Å². The van der Waals surface area contributed by atoms with E-state index in [1.165, 1.54) is 24.2 Å². The van der Waals surface area contributed by atoms with Crippen molar-refractivity contribution in [3.05, 3.63) is 28.2 Å². The summed E-state index contributed by atoms with van der Waals surface area (Å²) in [4.78, 5) is 14.7. The lowest BCUT2D eigenvalue weighted by Gasteiger charge is -2.17. The number of aromatic nitrogens is 1. The summed E-state index contributed by atoms with van der Waals surface area (Å²) in [6.07, 6.45) is 8.02. The molecule has 0 spiro atoms. The van der Waals surface area contributed by atoms with E-state index in [-0.39, 0.29) is 5.01 Å². The zero-order chi connectivity index (χ0) is 12.1. The monoisotopic (exact) mass is 252 g/mol. The Morgan fingerprint density at radius 3 is 3.12 bits per heavy atom. The summed E-state index contributed by atoms with van der Waals surface area (Å²) in [5.74, 6) is -0.240. The Balaban J connectivity index is 1.73. The predicted molar refractivity (Wildman–Crippen MR) is 67.3 cm³/mol. The quantitative estimate of drug-likeness (QED) is 0.789. The molecule has 92 valence electrons. The molecular weight excluding hydrogens is 236 g/mol. The molecule has 1 heterocycles. The molecule has 1 unspecified atom stereocenters. The number of carboxylic acids is 1. The molecule has 0 aliphatic heterocycles. The molecule has 0 bridgehead atoms. The van der Waals surface area contributed by atoms with E-state index >= 15 is 0 Å². The summed E-state index contributed by atoms with van der Waals surface area (Å²) in [6.45, 7) is 1.63. The standard InChI is InChI=1S/C12H16N2O2S/c15-12(16)11-14-10(8-17-11)7-13-6-9-4-2-1-3-5-9/h1-2,8-9,13H,3-7H2,(H,15,16). The first-order valence-electron chi connectivity index (χ1n) is 5.79. The largest absolute Gasteiger partial charge is 0.476 e. The van der Waals surface area contributed by atoms with E-state index in [4.69, 9.17) is 5.11 Å². The summed E-state index contributed by atoms with van der Waals surface area (Å²) < 4.78 is 0. The molecule has 1 aromatic rings. The zero-order valence-corrected chi connectivity index (χ0v) is 10.4. The van der Waals surface area contributed by atoms with E-state index in [0.29, 0.717) is 12.5 Å². The van der Waals surface area contributed by atoms with Gasteiger partial charge in [0, 0.05) is 11.9 Å². The zero-order valence-electron chi connectivity index (χ0n) is 9.56. The van der Waals surface area contributed by atoms with Crippen LogP contribution >= 0.6 is 11.3 Å². The van der Waals surface area contributed by atoms with Crippen LogP contribution in [0, 0.1) is 5.92 Å². The first-order valence-corrected chi connectivity index (χ1v) is 6.67. The molecule has 1 atom stereocenters. The molecule has 0 saturated carbocycles. The lowest BCUT2D eigenvalue weighted by molar-refractivity contribution is 0.0696. The maximum absolute atomic E-state index is 10.7. The minimum Gasteiger partial charge on any atom is -0.476 e. The van der Waals surface area contributed by atoms with Gasteiger partial charge in [-0.1, -0.05) is 12.2 Å². The Morgan fingerprint density at radius 2 is 2.47 bits per heavy atom. The highest BCUT2D eigenvalue weighted by Gasteiger charge is 2.11. The lowest BCUT2D eigenvalue weighted by atomic mass is 9.94. The van der Waals surface area contributed by atoms with E-state index in [9.17, 15) is 4.79 Å². The van der Waals surface area contributed by atoms with Crippen LogP contribution in [0.1, 0.15) is 34.8 Å². The van der Waals surface area contributed by atoms with Gasteiger partial charge in [-0.15, -0.1) is 11.3 Å². The number of nitrogens with one attached hydrogen (secondary N) is 1. The van der Waals surface area contributed by atoms with Gasteiger partial charge >= 0.3 is 5.97 Å². The number of nitrogens with zero attached hydrogens (tertiary/aromatic N) is 1. The third kappa shape index (κ3) is 3.64.